The van der Waals surface area contributed by atoms with E-state index in [4.69, 9.17) is 5.73 Å². The minimum Gasteiger partial charge on any atom is -0.382 e. The van der Waals surface area contributed by atoms with Crippen LogP contribution in [-0.4, -0.2) is 31.0 Å². The number of nitrogen functional groups attached to an aromatic ring is 1. The fourth-order valence-corrected chi connectivity index (χ4v) is 2.78. The average molecular weight is 247 g/mol. The molecule has 0 saturated carbocycles. The summed E-state index contributed by atoms with van der Waals surface area (Å²) in [6.45, 7) is 0. The SMILES string of the molecule is CS[C@@H]1C=C[C@H](n2cnc3c(N)ncnc32)C1. The van der Waals surface area contributed by atoms with Crippen LogP contribution >= 0.6 is 11.8 Å². The number of nitrogens with zero attached hydrogens (tertiary/aromatic N) is 4. The molecule has 2 heterocycles. The first kappa shape index (κ1) is 10.6. The van der Waals surface area contributed by atoms with Gasteiger partial charge in [0, 0.05) is 5.25 Å². The summed E-state index contributed by atoms with van der Waals surface area (Å²) in [5, 5.41) is 0.580. The van der Waals surface area contributed by atoms with Gasteiger partial charge in [0.2, 0.25) is 0 Å². The molecule has 0 spiro atoms. The lowest BCUT2D eigenvalue weighted by Crippen LogP contribution is -2.06. The van der Waals surface area contributed by atoms with Crippen molar-refractivity contribution in [1.82, 2.24) is 19.5 Å². The number of nitrogens with two attached hydrogens (primary N) is 1. The molecule has 2 N–H and O–H groups in total. The molecular formula is C11H13N5S. The van der Waals surface area contributed by atoms with Crippen LogP contribution < -0.4 is 5.73 Å². The predicted octanol–water partition coefficient (Wildman–Crippen LogP) is 1.64. The van der Waals surface area contributed by atoms with E-state index in [1.807, 2.05) is 11.8 Å². The van der Waals surface area contributed by atoms with Gasteiger partial charge in [0.25, 0.3) is 0 Å². The summed E-state index contributed by atoms with van der Waals surface area (Å²) in [7, 11) is 0. The van der Waals surface area contributed by atoms with Crippen LogP contribution in [0.3, 0.4) is 0 Å². The lowest BCUT2D eigenvalue weighted by Gasteiger charge is -2.12. The molecule has 2 aromatic heterocycles. The number of rotatable bonds is 2. The molecule has 88 valence electrons. The summed E-state index contributed by atoms with van der Waals surface area (Å²) in [6.07, 6.45) is 10.9. The Balaban J connectivity index is 2.02. The van der Waals surface area contributed by atoms with Crippen LogP contribution in [0.25, 0.3) is 11.2 Å². The normalized spacial score (nSPS) is 23.6. The van der Waals surface area contributed by atoms with Crippen molar-refractivity contribution in [2.24, 2.45) is 0 Å². The quantitative estimate of drug-likeness (QED) is 0.817. The largest absolute Gasteiger partial charge is 0.382 e. The first-order valence-corrected chi connectivity index (χ1v) is 6.72. The highest BCUT2D eigenvalue weighted by Crippen LogP contribution is 2.31. The standard InChI is InChI=1S/C11H13N5S/c1-17-8-3-2-7(4-8)16-6-15-9-10(12)13-5-14-11(9)16/h2-3,5-8H,4H2,1H3,(H2,12,13,14)/t7-,8+/m0/s1. The minimum absolute atomic E-state index is 0.326. The molecule has 0 amide bonds. The van der Waals surface area contributed by atoms with Crippen molar-refractivity contribution < 1.29 is 0 Å². The van der Waals surface area contributed by atoms with Gasteiger partial charge in [0.05, 0.1) is 12.4 Å². The van der Waals surface area contributed by atoms with Crippen molar-refractivity contribution in [3.63, 3.8) is 0 Å². The molecule has 2 aromatic rings. The molecule has 3 rings (SSSR count). The van der Waals surface area contributed by atoms with Gasteiger partial charge in [0.15, 0.2) is 11.5 Å². The number of imidazole rings is 1. The molecule has 0 aliphatic heterocycles. The molecule has 1 aliphatic rings. The van der Waals surface area contributed by atoms with E-state index < -0.39 is 0 Å². The van der Waals surface area contributed by atoms with Gasteiger partial charge in [-0.15, -0.1) is 0 Å². The second-order valence-corrected chi connectivity index (χ2v) is 5.12. The fraction of sp³-hybridized carbons (Fsp3) is 0.364. The van der Waals surface area contributed by atoms with Crippen LogP contribution in [0.5, 0.6) is 0 Å². The van der Waals surface area contributed by atoms with E-state index in [0.29, 0.717) is 22.6 Å². The Labute approximate surface area is 103 Å². The summed E-state index contributed by atoms with van der Waals surface area (Å²) in [5.41, 5.74) is 7.27. The van der Waals surface area contributed by atoms with Gasteiger partial charge in [-0.3, -0.25) is 0 Å². The van der Waals surface area contributed by atoms with E-state index in [1.165, 1.54) is 6.33 Å². The molecule has 0 fully saturated rings. The molecule has 5 nitrogen and oxygen atoms in total. The van der Waals surface area contributed by atoms with Gasteiger partial charge in [-0.1, -0.05) is 12.2 Å². The van der Waals surface area contributed by atoms with Crippen LogP contribution in [0.1, 0.15) is 12.5 Å². The van der Waals surface area contributed by atoms with Gasteiger partial charge in [-0.2, -0.15) is 11.8 Å². The third kappa shape index (κ3) is 1.68. The minimum atomic E-state index is 0.326. The van der Waals surface area contributed by atoms with Crippen molar-refractivity contribution in [3.05, 3.63) is 24.8 Å². The van der Waals surface area contributed by atoms with Gasteiger partial charge in [-0.05, 0) is 12.7 Å². The molecule has 17 heavy (non-hydrogen) atoms. The second-order valence-electron chi connectivity index (χ2n) is 4.05. The first-order valence-electron chi connectivity index (χ1n) is 5.43. The number of hydrogen-bond acceptors (Lipinski definition) is 5. The average Bonchev–Trinajstić information content (AvgIpc) is 2.94. The van der Waals surface area contributed by atoms with E-state index in [9.17, 15) is 0 Å². The maximum Gasteiger partial charge on any atom is 0.165 e. The van der Waals surface area contributed by atoms with Crippen LogP contribution in [0, 0.1) is 0 Å². The monoisotopic (exact) mass is 247 g/mol. The molecule has 0 unspecified atom stereocenters. The van der Waals surface area contributed by atoms with Crippen LogP contribution in [0.15, 0.2) is 24.8 Å². The summed E-state index contributed by atoms with van der Waals surface area (Å²) in [6, 6.07) is 0.326. The maximum atomic E-state index is 5.77. The molecule has 6 heteroatoms. The summed E-state index contributed by atoms with van der Waals surface area (Å²) >= 11 is 1.86. The zero-order valence-electron chi connectivity index (χ0n) is 9.45. The van der Waals surface area contributed by atoms with E-state index in [-0.39, 0.29) is 0 Å². The van der Waals surface area contributed by atoms with Gasteiger partial charge >= 0.3 is 0 Å². The highest BCUT2D eigenvalue weighted by atomic mass is 32.2. The van der Waals surface area contributed by atoms with E-state index >= 15 is 0 Å². The Morgan fingerprint density at radius 3 is 3.00 bits per heavy atom. The second kappa shape index (κ2) is 4.03. The van der Waals surface area contributed by atoms with Crippen LogP contribution in [0.2, 0.25) is 0 Å². The number of hydrogen-bond donors (Lipinski definition) is 1. The maximum absolute atomic E-state index is 5.77. The number of allylic oxidation sites excluding steroid dienone is 1. The van der Waals surface area contributed by atoms with E-state index in [0.717, 1.165) is 12.1 Å². The first-order chi connectivity index (χ1) is 8.29. The summed E-state index contributed by atoms with van der Waals surface area (Å²) in [5.74, 6) is 0.442. The number of anilines is 1. The van der Waals surface area contributed by atoms with Crippen LogP contribution in [0.4, 0.5) is 5.82 Å². The highest BCUT2D eigenvalue weighted by Gasteiger charge is 2.21. The Morgan fingerprint density at radius 1 is 1.35 bits per heavy atom. The third-order valence-electron chi connectivity index (χ3n) is 3.07. The van der Waals surface area contributed by atoms with Crippen molar-refractivity contribution in [2.45, 2.75) is 17.7 Å². The predicted molar refractivity (Wildman–Crippen MR) is 69.8 cm³/mol. The summed E-state index contributed by atoms with van der Waals surface area (Å²) in [4.78, 5) is 12.5. The van der Waals surface area contributed by atoms with Crippen molar-refractivity contribution in [2.75, 3.05) is 12.0 Å². The van der Waals surface area contributed by atoms with Gasteiger partial charge in [-0.25, -0.2) is 15.0 Å². The molecule has 0 saturated heterocycles. The Morgan fingerprint density at radius 2 is 2.24 bits per heavy atom. The zero-order chi connectivity index (χ0) is 11.8. The van der Waals surface area contributed by atoms with Crippen molar-refractivity contribution in [1.29, 1.82) is 0 Å². The lowest BCUT2D eigenvalue weighted by atomic mass is 10.2. The van der Waals surface area contributed by atoms with E-state index in [1.54, 1.807) is 6.33 Å². The molecular weight excluding hydrogens is 234 g/mol. The smallest absolute Gasteiger partial charge is 0.165 e. The number of fused-ring (bicyclic) bond motifs is 1. The van der Waals surface area contributed by atoms with Crippen molar-refractivity contribution >= 4 is 28.7 Å². The van der Waals surface area contributed by atoms with Gasteiger partial charge in [0.1, 0.15) is 11.8 Å². The summed E-state index contributed by atoms with van der Waals surface area (Å²) < 4.78 is 2.07. The molecule has 1 aliphatic carbocycles. The zero-order valence-corrected chi connectivity index (χ0v) is 10.3. The van der Waals surface area contributed by atoms with Crippen LogP contribution in [-0.2, 0) is 0 Å². The lowest BCUT2D eigenvalue weighted by molar-refractivity contribution is 0.606. The third-order valence-corrected chi connectivity index (χ3v) is 4.02. The highest BCUT2D eigenvalue weighted by molar-refractivity contribution is 7.99. The molecule has 0 aromatic carbocycles. The Kier molecular flexibility index (Phi) is 2.51. The molecule has 0 bridgehead atoms. The Bertz CT molecular complexity index is 576. The fourth-order valence-electron chi connectivity index (χ4n) is 2.14. The number of aromatic nitrogens is 4. The van der Waals surface area contributed by atoms with Gasteiger partial charge < -0.3 is 10.3 Å². The van der Waals surface area contributed by atoms with E-state index in [2.05, 4.69) is 37.9 Å². The van der Waals surface area contributed by atoms with Crippen molar-refractivity contribution in [3.8, 4) is 0 Å². The number of thioether (sulfide) groups is 1. The molecule has 0 radical (unpaired) electrons. The molecule has 2 atom stereocenters. The topological polar surface area (TPSA) is 69.6 Å². The Hall–Kier alpha value is -1.56.